The second-order valence-electron chi connectivity index (χ2n) is 6.11. The van der Waals surface area contributed by atoms with Gasteiger partial charge in [-0.2, -0.15) is 0 Å². The Morgan fingerprint density at radius 2 is 1.60 bits per heavy atom. The van der Waals surface area contributed by atoms with Gasteiger partial charge in [-0.1, -0.05) is 41.4 Å². The van der Waals surface area contributed by atoms with Gasteiger partial charge in [0.1, 0.15) is 5.82 Å². The third-order valence-corrected chi connectivity index (χ3v) is 6.13. The summed E-state index contributed by atoms with van der Waals surface area (Å²) in [6.45, 7) is 0. The molecule has 0 radical (unpaired) electrons. The molecule has 0 fully saturated rings. The van der Waals surface area contributed by atoms with Crippen LogP contribution in [-0.2, 0) is 14.8 Å². The molecule has 3 aromatic rings. The summed E-state index contributed by atoms with van der Waals surface area (Å²) in [5, 5.41) is 2.94. The SMILES string of the molecule is O=C(/C=C/c1ccc(F)cc1)Nc1ccc(S(=O)(=O)Nc2cccc(Cl)c2Cl)cc1. The predicted molar refractivity (Wildman–Crippen MR) is 118 cm³/mol. The van der Waals surface area contributed by atoms with Crippen LogP contribution in [0.4, 0.5) is 15.8 Å². The summed E-state index contributed by atoms with van der Waals surface area (Å²) in [6, 6.07) is 15.9. The Hall–Kier alpha value is -2.87. The van der Waals surface area contributed by atoms with Crippen LogP contribution in [0.1, 0.15) is 5.56 Å². The van der Waals surface area contributed by atoms with Gasteiger partial charge in [-0.15, -0.1) is 0 Å². The fourth-order valence-electron chi connectivity index (χ4n) is 2.43. The first-order chi connectivity index (χ1) is 14.2. The van der Waals surface area contributed by atoms with Crippen LogP contribution in [0, 0.1) is 5.82 Å². The normalized spacial score (nSPS) is 11.4. The molecule has 9 heteroatoms. The van der Waals surface area contributed by atoms with E-state index < -0.39 is 15.9 Å². The number of anilines is 2. The highest BCUT2D eigenvalue weighted by molar-refractivity contribution is 7.92. The van der Waals surface area contributed by atoms with Crippen LogP contribution in [0.15, 0.2) is 77.7 Å². The zero-order chi connectivity index (χ0) is 21.7. The third kappa shape index (κ3) is 5.60. The molecule has 0 spiro atoms. The summed E-state index contributed by atoms with van der Waals surface area (Å²) >= 11 is 11.9. The summed E-state index contributed by atoms with van der Waals surface area (Å²) in [5.74, 6) is -0.780. The van der Waals surface area contributed by atoms with Crippen LogP contribution in [0.25, 0.3) is 6.08 Å². The molecule has 0 heterocycles. The average Bonchev–Trinajstić information content (AvgIpc) is 2.71. The van der Waals surface area contributed by atoms with Crippen LogP contribution in [0.5, 0.6) is 0 Å². The van der Waals surface area contributed by atoms with Crippen molar-refractivity contribution in [1.29, 1.82) is 0 Å². The number of benzene rings is 3. The lowest BCUT2D eigenvalue weighted by molar-refractivity contribution is -0.111. The number of amides is 1. The number of carbonyl (C=O) groups excluding carboxylic acids is 1. The van der Waals surface area contributed by atoms with Crippen molar-refractivity contribution in [1.82, 2.24) is 0 Å². The van der Waals surface area contributed by atoms with E-state index in [9.17, 15) is 17.6 Å². The van der Waals surface area contributed by atoms with Crippen molar-refractivity contribution >= 4 is 56.6 Å². The third-order valence-electron chi connectivity index (χ3n) is 3.93. The van der Waals surface area contributed by atoms with Crippen LogP contribution >= 0.6 is 23.2 Å². The highest BCUT2D eigenvalue weighted by atomic mass is 35.5. The van der Waals surface area contributed by atoms with Gasteiger partial charge >= 0.3 is 0 Å². The van der Waals surface area contributed by atoms with Crippen molar-refractivity contribution in [3.05, 3.63) is 94.2 Å². The molecular weight excluding hydrogens is 450 g/mol. The highest BCUT2D eigenvalue weighted by Crippen LogP contribution is 2.31. The quantitative estimate of drug-likeness (QED) is 0.467. The molecule has 30 heavy (non-hydrogen) atoms. The van der Waals surface area contributed by atoms with Crippen molar-refractivity contribution < 1.29 is 17.6 Å². The van der Waals surface area contributed by atoms with E-state index in [0.717, 1.165) is 0 Å². The van der Waals surface area contributed by atoms with Crippen LogP contribution < -0.4 is 10.0 Å². The lowest BCUT2D eigenvalue weighted by atomic mass is 10.2. The average molecular weight is 465 g/mol. The number of hydrogen-bond acceptors (Lipinski definition) is 3. The second kappa shape index (κ2) is 9.30. The van der Waals surface area contributed by atoms with E-state index in [0.29, 0.717) is 11.3 Å². The molecule has 0 aliphatic rings. The minimum absolute atomic E-state index is 0.0154. The summed E-state index contributed by atoms with van der Waals surface area (Å²) < 4.78 is 40.4. The van der Waals surface area contributed by atoms with E-state index in [-0.39, 0.29) is 26.4 Å². The fourth-order valence-corrected chi connectivity index (χ4v) is 3.91. The Kier molecular flexibility index (Phi) is 6.77. The van der Waals surface area contributed by atoms with Gasteiger partial charge in [0, 0.05) is 11.8 Å². The van der Waals surface area contributed by atoms with E-state index in [1.54, 1.807) is 12.1 Å². The Morgan fingerprint density at radius 3 is 2.27 bits per heavy atom. The molecule has 0 aliphatic carbocycles. The zero-order valence-corrected chi connectivity index (χ0v) is 17.6. The van der Waals surface area contributed by atoms with E-state index >= 15 is 0 Å². The molecule has 3 aromatic carbocycles. The molecule has 0 saturated carbocycles. The van der Waals surface area contributed by atoms with E-state index in [1.165, 1.54) is 66.7 Å². The standard InChI is InChI=1S/C21H15Cl2FN2O3S/c22-18-2-1-3-19(21(18)23)26-30(28,29)17-11-9-16(10-12-17)25-20(27)13-6-14-4-7-15(24)8-5-14/h1-13,26H,(H,25,27)/b13-6+. The van der Waals surface area contributed by atoms with E-state index in [2.05, 4.69) is 10.0 Å². The van der Waals surface area contributed by atoms with Crippen LogP contribution in [0.2, 0.25) is 10.0 Å². The molecule has 0 aromatic heterocycles. The predicted octanol–water partition coefficient (Wildman–Crippen LogP) is 5.59. The molecule has 3 rings (SSSR count). The molecule has 0 unspecified atom stereocenters. The number of sulfonamides is 1. The Labute approximate surface area is 183 Å². The molecule has 1 amide bonds. The van der Waals surface area contributed by atoms with Gasteiger partial charge in [-0.3, -0.25) is 9.52 Å². The van der Waals surface area contributed by atoms with Gasteiger partial charge in [0.15, 0.2) is 0 Å². The van der Waals surface area contributed by atoms with Crippen LogP contribution in [0.3, 0.4) is 0 Å². The highest BCUT2D eigenvalue weighted by Gasteiger charge is 2.16. The van der Waals surface area contributed by atoms with E-state index in [4.69, 9.17) is 23.2 Å². The van der Waals surface area contributed by atoms with Gasteiger partial charge in [0.05, 0.1) is 20.6 Å². The maximum Gasteiger partial charge on any atom is 0.261 e. The Morgan fingerprint density at radius 1 is 0.933 bits per heavy atom. The fraction of sp³-hybridized carbons (Fsp3) is 0. The van der Waals surface area contributed by atoms with Gasteiger partial charge in [-0.25, -0.2) is 12.8 Å². The molecule has 0 saturated heterocycles. The lowest BCUT2D eigenvalue weighted by Crippen LogP contribution is -2.13. The Bertz CT molecular complexity index is 1200. The lowest BCUT2D eigenvalue weighted by Gasteiger charge is -2.11. The summed E-state index contributed by atoms with van der Waals surface area (Å²) in [7, 11) is -3.90. The molecule has 0 aliphatic heterocycles. The monoisotopic (exact) mass is 464 g/mol. The molecular formula is C21H15Cl2FN2O3S. The molecule has 2 N–H and O–H groups in total. The number of hydrogen-bond donors (Lipinski definition) is 2. The molecule has 154 valence electrons. The van der Waals surface area contributed by atoms with Gasteiger partial charge in [-0.05, 0) is 60.2 Å². The molecule has 0 atom stereocenters. The molecule has 0 bridgehead atoms. The largest absolute Gasteiger partial charge is 0.323 e. The smallest absolute Gasteiger partial charge is 0.261 e. The van der Waals surface area contributed by atoms with Gasteiger partial charge in [0.2, 0.25) is 5.91 Å². The number of halogens is 3. The van der Waals surface area contributed by atoms with Gasteiger partial charge in [0.25, 0.3) is 10.0 Å². The summed E-state index contributed by atoms with van der Waals surface area (Å²) in [6.07, 6.45) is 2.83. The zero-order valence-electron chi connectivity index (χ0n) is 15.3. The van der Waals surface area contributed by atoms with Crippen molar-refractivity contribution in [3.63, 3.8) is 0 Å². The first-order valence-electron chi connectivity index (χ1n) is 8.56. The van der Waals surface area contributed by atoms with Gasteiger partial charge < -0.3 is 5.32 Å². The maximum absolute atomic E-state index is 12.9. The minimum atomic E-state index is -3.90. The first kappa shape index (κ1) is 21.8. The second-order valence-corrected chi connectivity index (χ2v) is 8.57. The summed E-state index contributed by atoms with van der Waals surface area (Å²) in [4.78, 5) is 12.0. The maximum atomic E-state index is 12.9. The first-order valence-corrected chi connectivity index (χ1v) is 10.8. The number of rotatable bonds is 6. The van der Waals surface area contributed by atoms with E-state index in [1.807, 2.05) is 0 Å². The van der Waals surface area contributed by atoms with Crippen molar-refractivity contribution in [2.75, 3.05) is 10.0 Å². The Balaban J connectivity index is 1.67. The van der Waals surface area contributed by atoms with Crippen molar-refractivity contribution in [3.8, 4) is 0 Å². The van der Waals surface area contributed by atoms with Crippen molar-refractivity contribution in [2.24, 2.45) is 0 Å². The topological polar surface area (TPSA) is 75.3 Å². The number of carbonyl (C=O) groups is 1. The summed E-state index contributed by atoms with van der Waals surface area (Å²) in [5.41, 5.74) is 1.23. The van der Waals surface area contributed by atoms with Crippen molar-refractivity contribution in [2.45, 2.75) is 4.90 Å². The number of nitrogens with one attached hydrogen (secondary N) is 2. The molecule has 5 nitrogen and oxygen atoms in total. The van der Waals surface area contributed by atoms with Crippen LogP contribution in [-0.4, -0.2) is 14.3 Å². The minimum Gasteiger partial charge on any atom is -0.323 e.